The summed E-state index contributed by atoms with van der Waals surface area (Å²) in [6.45, 7) is -3.12. The summed E-state index contributed by atoms with van der Waals surface area (Å²) in [6, 6.07) is 5.88. The number of pyridine rings is 2. The van der Waals surface area contributed by atoms with Gasteiger partial charge in [0.15, 0.2) is 11.6 Å². The molecule has 31 heavy (non-hydrogen) atoms. The number of nitrogens with one attached hydrogen (secondary N) is 2. The summed E-state index contributed by atoms with van der Waals surface area (Å²) in [5, 5.41) is 19.1. The van der Waals surface area contributed by atoms with E-state index in [4.69, 9.17) is 4.74 Å². The number of hydrogen-bond donors (Lipinski definition) is 3. The van der Waals surface area contributed by atoms with Gasteiger partial charge in [0.25, 0.3) is 5.88 Å². The molecule has 0 spiro atoms. The summed E-state index contributed by atoms with van der Waals surface area (Å²) in [5.74, 6) is 0.434. The molecule has 3 heterocycles. The van der Waals surface area contributed by atoms with Crippen molar-refractivity contribution < 1.29 is 28.2 Å². The lowest BCUT2D eigenvalue weighted by Crippen LogP contribution is -2.41. The molecule has 2 amide bonds. The minimum absolute atomic E-state index is 0.0423. The first kappa shape index (κ1) is 20.8. The molecule has 3 aromatic rings. The molecule has 0 saturated heterocycles. The number of halogens is 2. The third kappa shape index (κ3) is 4.82. The molecule has 0 unspecified atom stereocenters. The van der Waals surface area contributed by atoms with Crippen LogP contribution in [0.1, 0.15) is 12.8 Å². The Morgan fingerprint density at radius 1 is 1.32 bits per heavy atom. The van der Waals surface area contributed by atoms with E-state index in [2.05, 4.69) is 25.5 Å². The van der Waals surface area contributed by atoms with E-state index in [1.807, 2.05) is 0 Å². The second-order valence-electron chi connectivity index (χ2n) is 7.15. The summed E-state index contributed by atoms with van der Waals surface area (Å²) in [4.78, 5) is 16.2. The van der Waals surface area contributed by atoms with Crippen LogP contribution in [0.4, 0.5) is 19.4 Å². The average Bonchev–Trinajstić information content (AvgIpc) is 3.51. The summed E-state index contributed by atoms with van der Waals surface area (Å²) in [7, 11) is 1.32. The van der Waals surface area contributed by atoms with E-state index in [1.54, 1.807) is 28.9 Å². The van der Waals surface area contributed by atoms with Crippen LogP contribution < -0.4 is 20.1 Å². The second-order valence-corrected chi connectivity index (χ2v) is 7.15. The van der Waals surface area contributed by atoms with Crippen molar-refractivity contribution in [3.8, 4) is 22.8 Å². The normalized spacial score (nSPS) is 14.5. The number of nitrogens with zero attached hydrogens (tertiary/aromatic N) is 3. The van der Waals surface area contributed by atoms with Gasteiger partial charge in [0.1, 0.15) is 0 Å². The van der Waals surface area contributed by atoms with Crippen LogP contribution in [-0.2, 0) is 0 Å². The molecule has 1 fully saturated rings. The summed E-state index contributed by atoms with van der Waals surface area (Å²) in [5.41, 5.74) is 1.90. The monoisotopic (exact) mass is 433 g/mol. The molecule has 1 aliphatic carbocycles. The van der Waals surface area contributed by atoms with E-state index < -0.39 is 12.6 Å². The minimum Gasteiger partial charge on any atom is -0.478 e. The molecule has 11 heteroatoms. The number of carbonyl (C=O) groups excluding carboxylic acids is 1. The maximum atomic E-state index is 12.7. The average molecular weight is 433 g/mol. The Labute approximate surface area is 176 Å². The predicted molar refractivity (Wildman–Crippen MR) is 107 cm³/mol. The fourth-order valence-corrected chi connectivity index (χ4v) is 3.29. The molecule has 164 valence electrons. The SMILES string of the molecule is COc1ncc(-c2ccn3nc(NC(=O)N[C@H](CO)C4CC4)cc3c2)cc1OC(F)F. The Balaban J connectivity index is 1.53. The van der Waals surface area contributed by atoms with Crippen LogP contribution in [0.3, 0.4) is 0 Å². The fourth-order valence-electron chi connectivity index (χ4n) is 3.29. The van der Waals surface area contributed by atoms with Crippen molar-refractivity contribution in [1.82, 2.24) is 19.9 Å². The zero-order valence-corrected chi connectivity index (χ0v) is 16.6. The number of rotatable bonds is 8. The standard InChI is InChI=1S/C20H21F2N5O4/c1-30-18-16(31-19(21)22)7-13(9-23-18)12-4-5-27-14(6-12)8-17(26-27)25-20(29)24-15(10-28)11-2-3-11/h4-9,11,15,19,28H,2-3,10H2,1H3,(H2,24,25,26,29)/t15-/m1/s1. The molecular weight excluding hydrogens is 412 g/mol. The highest BCUT2D eigenvalue weighted by atomic mass is 19.3. The first-order valence-electron chi connectivity index (χ1n) is 9.64. The van der Waals surface area contributed by atoms with Crippen LogP contribution in [-0.4, -0.2) is 52.1 Å². The number of carbonyl (C=O) groups is 1. The van der Waals surface area contributed by atoms with Crippen LogP contribution in [0.2, 0.25) is 0 Å². The van der Waals surface area contributed by atoms with Crippen molar-refractivity contribution >= 4 is 17.4 Å². The highest BCUT2D eigenvalue weighted by Gasteiger charge is 2.31. The van der Waals surface area contributed by atoms with Crippen LogP contribution in [0, 0.1) is 5.92 Å². The number of alkyl halides is 2. The van der Waals surface area contributed by atoms with Crippen LogP contribution >= 0.6 is 0 Å². The Hall–Kier alpha value is -3.47. The van der Waals surface area contributed by atoms with Crippen LogP contribution in [0.5, 0.6) is 11.6 Å². The van der Waals surface area contributed by atoms with Crippen molar-refractivity contribution in [2.24, 2.45) is 5.92 Å². The smallest absolute Gasteiger partial charge is 0.387 e. The predicted octanol–water partition coefficient (Wildman–Crippen LogP) is 2.90. The quantitative estimate of drug-likeness (QED) is 0.504. The Bertz CT molecular complexity index is 1090. The maximum absolute atomic E-state index is 12.7. The van der Waals surface area contributed by atoms with Gasteiger partial charge in [-0.2, -0.15) is 8.78 Å². The zero-order chi connectivity index (χ0) is 22.0. The molecule has 1 saturated carbocycles. The summed E-state index contributed by atoms with van der Waals surface area (Å²) >= 11 is 0. The number of aromatic nitrogens is 3. The molecule has 0 bridgehead atoms. The lowest BCUT2D eigenvalue weighted by molar-refractivity contribution is -0.0515. The molecule has 1 aliphatic rings. The Kier molecular flexibility index (Phi) is 5.85. The molecule has 1 atom stereocenters. The van der Waals surface area contributed by atoms with Crippen molar-refractivity contribution in [2.75, 3.05) is 19.0 Å². The van der Waals surface area contributed by atoms with E-state index in [0.29, 0.717) is 28.4 Å². The van der Waals surface area contributed by atoms with Gasteiger partial charge in [-0.05, 0) is 42.5 Å². The number of amides is 2. The molecule has 0 aromatic carbocycles. The number of hydrogen-bond acceptors (Lipinski definition) is 6. The van der Waals surface area contributed by atoms with E-state index in [-0.39, 0.29) is 24.3 Å². The summed E-state index contributed by atoms with van der Waals surface area (Å²) < 4.78 is 36.3. The third-order valence-corrected chi connectivity index (χ3v) is 4.97. The van der Waals surface area contributed by atoms with Crippen molar-refractivity contribution in [1.29, 1.82) is 0 Å². The largest absolute Gasteiger partial charge is 0.478 e. The van der Waals surface area contributed by atoms with Gasteiger partial charge in [-0.15, -0.1) is 5.10 Å². The van der Waals surface area contributed by atoms with Gasteiger partial charge in [-0.3, -0.25) is 5.32 Å². The van der Waals surface area contributed by atoms with E-state index in [0.717, 1.165) is 12.8 Å². The number of anilines is 1. The van der Waals surface area contributed by atoms with E-state index in [9.17, 15) is 18.7 Å². The first-order valence-corrected chi connectivity index (χ1v) is 9.64. The molecular formula is C20H21F2N5O4. The molecule has 4 rings (SSSR count). The minimum atomic E-state index is -3.01. The van der Waals surface area contributed by atoms with E-state index >= 15 is 0 Å². The van der Waals surface area contributed by atoms with Gasteiger partial charge in [0.05, 0.1) is 25.3 Å². The van der Waals surface area contributed by atoms with Crippen LogP contribution in [0.15, 0.2) is 36.7 Å². The van der Waals surface area contributed by atoms with Crippen molar-refractivity contribution in [3.63, 3.8) is 0 Å². The van der Waals surface area contributed by atoms with Crippen LogP contribution in [0.25, 0.3) is 16.6 Å². The van der Waals surface area contributed by atoms with Gasteiger partial charge in [-0.1, -0.05) is 0 Å². The molecule has 0 radical (unpaired) electrons. The van der Waals surface area contributed by atoms with Gasteiger partial charge < -0.3 is 19.9 Å². The van der Waals surface area contributed by atoms with E-state index in [1.165, 1.54) is 19.4 Å². The van der Waals surface area contributed by atoms with Gasteiger partial charge in [0.2, 0.25) is 0 Å². The Morgan fingerprint density at radius 2 is 2.13 bits per heavy atom. The fraction of sp³-hybridized carbons (Fsp3) is 0.350. The van der Waals surface area contributed by atoms with Gasteiger partial charge in [-0.25, -0.2) is 14.3 Å². The number of methoxy groups -OCH3 is 1. The zero-order valence-electron chi connectivity index (χ0n) is 16.6. The third-order valence-electron chi connectivity index (χ3n) is 4.97. The maximum Gasteiger partial charge on any atom is 0.387 e. The summed E-state index contributed by atoms with van der Waals surface area (Å²) in [6.07, 6.45) is 5.14. The lowest BCUT2D eigenvalue weighted by Gasteiger charge is -2.15. The molecule has 0 aliphatic heterocycles. The highest BCUT2D eigenvalue weighted by Crippen LogP contribution is 2.33. The number of aliphatic hydroxyl groups is 1. The number of fused-ring (bicyclic) bond motifs is 1. The van der Waals surface area contributed by atoms with Crippen molar-refractivity contribution in [3.05, 3.63) is 36.7 Å². The lowest BCUT2D eigenvalue weighted by atomic mass is 10.1. The number of urea groups is 1. The van der Waals surface area contributed by atoms with Gasteiger partial charge >= 0.3 is 12.6 Å². The topological polar surface area (TPSA) is 110 Å². The second kappa shape index (κ2) is 8.72. The Morgan fingerprint density at radius 3 is 2.81 bits per heavy atom. The van der Waals surface area contributed by atoms with Gasteiger partial charge in [0, 0.05) is 24.0 Å². The molecule has 9 nitrogen and oxygen atoms in total. The highest BCUT2D eigenvalue weighted by molar-refractivity contribution is 5.89. The van der Waals surface area contributed by atoms with Crippen molar-refractivity contribution in [2.45, 2.75) is 25.5 Å². The number of aliphatic hydroxyl groups excluding tert-OH is 1. The molecule has 3 aromatic heterocycles. The molecule has 3 N–H and O–H groups in total. The number of ether oxygens (including phenoxy) is 2. The first-order chi connectivity index (χ1) is 15.0.